The molecule has 2 heterocycles. The van der Waals surface area contributed by atoms with Crippen LogP contribution in [0.2, 0.25) is 0 Å². The molecule has 1 aliphatic heterocycles. The highest BCUT2D eigenvalue weighted by atomic mass is 16.3. The molecule has 8 nitrogen and oxygen atoms in total. The molecule has 27 heavy (non-hydrogen) atoms. The number of aliphatic hydroxyl groups is 1. The molecule has 1 aromatic heterocycles. The molecule has 0 aliphatic carbocycles. The maximum absolute atomic E-state index is 12.3. The number of likely N-dealkylation sites (N-methyl/N-ethyl adjacent to an activating group) is 1. The van der Waals surface area contributed by atoms with Gasteiger partial charge in [-0.15, -0.1) is 0 Å². The number of fused-ring (bicyclic) bond motifs is 1. The Bertz CT molecular complexity index is 790. The molecule has 144 valence electrons. The van der Waals surface area contributed by atoms with Crippen LogP contribution in [0.4, 0.5) is 0 Å². The largest absolute Gasteiger partial charge is 0.389 e. The van der Waals surface area contributed by atoms with Gasteiger partial charge in [0, 0.05) is 32.2 Å². The molecule has 0 radical (unpaired) electrons. The summed E-state index contributed by atoms with van der Waals surface area (Å²) in [4.78, 5) is 26.4. The maximum atomic E-state index is 12.3. The summed E-state index contributed by atoms with van der Waals surface area (Å²) >= 11 is 0. The van der Waals surface area contributed by atoms with Gasteiger partial charge in [0.1, 0.15) is 5.69 Å². The van der Waals surface area contributed by atoms with Crippen molar-refractivity contribution in [3.05, 3.63) is 53.3 Å². The lowest BCUT2D eigenvalue weighted by Gasteiger charge is -2.16. The smallest absolute Gasteiger partial charge is 0.271 e. The molecule has 0 saturated carbocycles. The van der Waals surface area contributed by atoms with Crippen LogP contribution in [-0.2, 0) is 13.0 Å². The van der Waals surface area contributed by atoms with Crippen LogP contribution in [0.15, 0.2) is 36.4 Å². The summed E-state index contributed by atoms with van der Waals surface area (Å²) in [5.74, 6) is -0.659. The van der Waals surface area contributed by atoms with E-state index in [0.717, 1.165) is 13.0 Å². The molecule has 8 heteroatoms. The monoisotopic (exact) mass is 371 g/mol. The minimum atomic E-state index is -0.718. The summed E-state index contributed by atoms with van der Waals surface area (Å²) in [6.45, 7) is 2.46. The Kier molecular flexibility index (Phi) is 6.20. The van der Waals surface area contributed by atoms with Gasteiger partial charge in [-0.25, -0.2) is 0 Å². The molecule has 0 bridgehead atoms. The predicted octanol–water partition coefficient (Wildman–Crippen LogP) is -0.108. The molecule has 0 spiro atoms. The lowest BCUT2D eigenvalue weighted by atomic mass is 10.1. The van der Waals surface area contributed by atoms with E-state index in [1.807, 2.05) is 25.2 Å². The number of rotatable bonds is 7. The highest BCUT2D eigenvalue weighted by molar-refractivity contribution is 5.98. The maximum Gasteiger partial charge on any atom is 0.271 e. The summed E-state index contributed by atoms with van der Waals surface area (Å²) in [5.41, 5.74) is 1.76. The number of carbonyl (C=O) groups excluding carboxylic acids is 2. The standard InChI is InChI=1S/C19H25N5O3/c1-23(9-7-14-5-3-2-4-6-14)10-8-20-18(26)16-11-17-19(27)21-12-15(25)13-24(17)22-16/h2-6,11,15,25H,7-10,12-13H2,1H3,(H,20,26)(H,21,27)/t15-/m0/s1. The van der Waals surface area contributed by atoms with Gasteiger partial charge in [0.05, 0.1) is 12.6 Å². The fourth-order valence-corrected chi connectivity index (χ4v) is 2.94. The van der Waals surface area contributed by atoms with E-state index in [1.165, 1.54) is 16.3 Å². The molecule has 3 rings (SSSR count). The average Bonchev–Trinajstić information content (AvgIpc) is 3.03. The van der Waals surface area contributed by atoms with Crippen LogP contribution in [0.3, 0.4) is 0 Å². The van der Waals surface area contributed by atoms with Crippen LogP contribution < -0.4 is 10.6 Å². The van der Waals surface area contributed by atoms with Gasteiger partial charge in [-0.3, -0.25) is 14.3 Å². The lowest BCUT2D eigenvalue weighted by Crippen LogP contribution is -2.34. The fraction of sp³-hybridized carbons (Fsp3) is 0.421. The van der Waals surface area contributed by atoms with Crippen molar-refractivity contribution in [1.29, 1.82) is 0 Å². The van der Waals surface area contributed by atoms with E-state index in [4.69, 9.17) is 0 Å². The molecule has 1 aliphatic rings. The first-order chi connectivity index (χ1) is 13.0. The first kappa shape index (κ1) is 19.1. The second-order valence-electron chi connectivity index (χ2n) is 6.76. The van der Waals surface area contributed by atoms with Gasteiger partial charge in [-0.1, -0.05) is 30.3 Å². The number of benzene rings is 1. The second-order valence-corrected chi connectivity index (χ2v) is 6.76. The van der Waals surface area contributed by atoms with Crippen LogP contribution in [0.1, 0.15) is 26.5 Å². The Morgan fingerprint density at radius 2 is 2.15 bits per heavy atom. The topological polar surface area (TPSA) is 99.5 Å². The van der Waals surface area contributed by atoms with Gasteiger partial charge in [-0.05, 0) is 19.0 Å². The lowest BCUT2D eigenvalue weighted by molar-refractivity contribution is 0.0931. The Labute approximate surface area is 158 Å². The van der Waals surface area contributed by atoms with Gasteiger partial charge in [0.15, 0.2) is 5.69 Å². The van der Waals surface area contributed by atoms with E-state index in [2.05, 4.69) is 32.8 Å². The molecule has 3 N–H and O–H groups in total. The summed E-state index contributed by atoms with van der Waals surface area (Å²) in [5, 5.41) is 19.3. The van der Waals surface area contributed by atoms with Gasteiger partial charge >= 0.3 is 0 Å². The van der Waals surface area contributed by atoms with Crippen molar-refractivity contribution in [2.24, 2.45) is 0 Å². The minimum Gasteiger partial charge on any atom is -0.389 e. The van der Waals surface area contributed by atoms with Crippen LogP contribution in [0.5, 0.6) is 0 Å². The molecule has 1 aromatic carbocycles. The van der Waals surface area contributed by atoms with Gasteiger partial charge in [0.2, 0.25) is 0 Å². The van der Waals surface area contributed by atoms with E-state index < -0.39 is 6.10 Å². The number of aromatic nitrogens is 2. The number of nitrogens with zero attached hydrogens (tertiary/aromatic N) is 3. The van der Waals surface area contributed by atoms with Crippen molar-refractivity contribution in [1.82, 2.24) is 25.3 Å². The van der Waals surface area contributed by atoms with Crippen molar-refractivity contribution in [3.63, 3.8) is 0 Å². The van der Waals surface area contributed by atoms with E-state index in [0.29, 0.717) is 13.1 Å². The van der Waals surface area contributed by atoms with E-state index in [-0.39, 0.29) is 36.3 Å². The van der Waals surface area contributed by atoms with Gasteiger partial charge < -0.3 is 20.6 Å². The third kappa shape index (κ3) is 5.15. The molecule has 2 aromatic rings. The second kappa shape index (κ2) is 8.79. The van der Waals surface area contributed by atoms with Crippen molar-refractivity contribution >= 4 is 11.8 Å². The number of β-amino-alcohol motifs (C(OH)–C–C–N with tert-alkyl or cyclic N) is 1. The van der Waals surface area contributed by atoms with Crippen molar-refractivity contribution < 1.29 is 14.7 Å². The average molecular weight is 371 g/mol. The van der Waals surface area contributed by atoms with Crippen molar-refractivity contribution in [2.45, 2.75) is 19.1 Å². The molecule has 0 fully saturated rings. The summed E-state index contributed by atoms with van der Waals surface area (Å²) < 4.78 is 1.38. The molecule has 2 amide bonds. The third-order valence-electron chi connectivity index (χ3n) is 4.53. The van der Waals surface area contributed by atoms with E-state index in [9.17, 15) is 14.7 Å². The molecule has 0 saturated heterocycles. The zero-order valence-corrected chi connectivity index (χ0v) is 15.4. The molecular formula is C19H25N5O3. The van der Waals surface area contributed by atoms with E-state index in [1.54, 1.807) is 0 Å². The Balaban J connectivity index is 1.46. The number of amides is 2. The van der Waals surface area contributed by atoms with Crippen molar-refractivity contribution in [2.75, 3.05) is 33.2 Å². The normalized spacial score (nSPS) is 16.6. The van der Waals surface area contributed by atoms with Crippen LogP contribution in [0, 0.1) is 0 Å². The highest BCUT2D eigenvalue weighted by Crippen LogP contribution is 2.09. The number of aliphatic hydroxyl groups excluding tert-OH is 1. The zero-order valence-electron chi connectivity index (χ0n) is 15.4. The quantitative estimate of drug-likeness (QED) is 0.631. The summed E-state index contributed by atoms with van der Waals surface area (Å²) in [6, 6.07) is 11.7. The SMILES string of the molecule is CN(CCNC(=O)c1cc2n(n1)C[C@@H](O)CNC2=O)CCc1ccccc1. The first-order valence-electron chi connectivity index (χ1n) is 9.07. The summed E-state index contributed by atoms with van der Waals surface area (Å²) in [6.07, 6.45) is 0.237. The van der Waals surface area contributed by atoms with E-state index >= 15 is 0 Å². The molecule has 1 atom stereocenters. The predicted molar refractivity (Wildman–Crippen MR) is 101 cm³/mol. The Morgan fingerprint density at radius 1 is 1.37 bits per heavy atom. The highest BCUT2D eigenvalue weighted by Gasteiger charge is 2.24. The number of nitrogens with one attached hydrogen (secondary N) is 2. The first-order valence-corrected chi connectivity index (χ1v) is 9.07. The van der Waals surface area contributed by atoms with Crippen LogP contribution in [-0.4, -0.2) is 70.9 Å². The minimum absolute atomic E-state index is 0.180. The van der Waals surface area contributed by atoms with Crippen LogP contribution >= 0.6 is 0 Å². The zero-order chi connectivity index (χ0) is 19.2. The summed E-state index contributed by atoms with van der Waals surface area (Å²) in [7, 11) is 2.01. The van der Waals surface area contributed by atoms with Crippen molar-refractivity contribution in [3.8, 4) is 0 Å². The van der Waals surface area contributed by atoms with Gasteiger partial charge in [0.25, 0.3) is 11.8 Å². The number of hydrogen-bond donors (Lipinski definition) is 3. The van der Waals surface area contributed by atoms with Gasteiger partial charge in [-0.2, -0.15) is 5.10 Å². The fourth-order valence-electron chi connectivity index (χ4n) is 2.94. The Morgan fingerprint density at radius 3 is 2.93 bits per heavy atom. The number of carbonyl (C=O) groups is 2. The molecular weight excluding hydrogens is 346 g/mol. The van der Waals surface area contributed by atoms with Crippen LogP contribution in [0.25, 0.3) is 0 Å². The third-order valence-corrected chi connectivity index (χ3v) is 4.53. The number of hydrogen-bond acceptors (Lipinski definition) is 5. The Hall–Kier alpha value is -2.71. The molecule has 0 unspecified atom stereocenters.